The molecule has 2 N–H and O–H groups in total. The van der Waals surface area contributed by atoms with Crippen molar-refractivity contribution in [3.8, 4) is 5.75 Å². The van der Waals surface area contributed by atoms with Crippen molar-refractivity contribution in [3.63, 3.8) is 0 Å². The number of fused-ring (bicyclic) bond motifs is 1. The van der Waals surface area contributed by atoms with Gasteiger partial charge in [0, 0.05) is 25.8 Å². The van der Waals surface area contributed by atoms with Crippen LogP contribution >= 0.6 is 0 Å². The second-order valence-corrected chi connectivity index (χ2v) is 5.35. The third kappa shape index (κ3) is 3.25. The maximum atomic E-state index is 10.0. The second kappa shape index (κ2) is 5.59. The summed E-state index contributed by atoms with van der Waals surface area (Å²) < 4.78 is 5.37. The molecule has 0 atom stereocenters. The Bertz CT molecular complexity index is 564. The Morgan fingerprint density at radius 1 is 1.16 bits per heavy atom. The molecular weight excluding hydrogens is 238 g/mol. The number of rotatable bonds is 5. The quantitative estimate of drug-likeness (QED) is 0.867. The van der Waals surface area contributed by atoms with Gasteiger partial charge in [-0.2, -0.15) is 0 Å². The van der Waals surface area contributed by atoms with Gasteiger partial charge in [-0.1, -0.05) is 30.3 Å². The van der Waals surface area contributed by atoms with E-state index in [0.717, 1.165) is 22.9 Å². The average molecular weight is 259 g/mol. The lowest BCUT2D eigenvalue weighted by atomic mass is 10.0. The predicted molar refractivity (Wildman–Crippen MR) is 78.4 cm³/mol. The Hall–Kier alpha value is -1.58. The molecule has 2 aromatic carbocycles. The van der Waals surface area contributed by atoms with E-state index >= 15 is 0 Å². The van der Waals surface area contributed by atoms with E-state index in [1.807, 2.05) is 38.1 Å². The topological polar surface area (TPSA) is 41.5 Å². The second-order valence-electron chi connectivity index (χ2n) is 5.35. The van der Waals surface area contributed by atoms with Gasteiger partial charge in [-0.15, -0.1) is 0 Å². The molecule has 0 bridgehead atoms. The first-order valence-electron chi connectivity index (χ1n) is 6.49. The lowest BCUT2D eigenvalue weighted by molar-refractivity contribution is 0.0230. The van der Waals surface area contributed by atoms with Crippen molar-refractivity contribution in [1.82, 2.24) is 5.32 Å². The van der Waals surface area contributed by atoms with Crippen molar-refractivity contribution < 1.29 is 9.84 Å². The number of benzene rings is 2. The Labute approximate surface area is 114 Å². The zero-order valence-corrected chi connectivity index (χ0v) is 11.7. The molecule has 0 amide bonds. The molecule has 0 spiro atoms. The smallest absolute Gasteiger partial charge is 0.120 e. The van der Waals surface area contributed by atoms with Gasteiger partial charge in [0.2, 0.25) is 0 Å². The molecule has 0 heterocycles. The van der Waals surface area contributed by atoms with Crippen LogP contribution in [0.1, 0.15) is 19.4 Å². The van der Waals surface area contributed by atoms with Crippen LogP contribution in [0.15, 0.2) is 36.4 Å². The SMILES string of the molecule is COC(C)(C)CNCc1c(O)ccc2ccccc12. The monoisotopic (exact) mass is 259 g/mol. The molecule has 3 heteroatoms. The maximum absolute atomic E-state index is 10.0. The van der Waals surface area contributed by atoms with Gasteiger partial charge in [0.15, 0.2) is 0 Å². The van der Waals surface area contributed by atoms with E-state index in [0.29, 0.717) is 12.3 Å². The molecule has 0 aliphatic rings. The van der Waals surface area contributed by atoms with Gasteiger partial charge in [-0.05, 0) is 30.7 Å². The molecule has 0 unspecified atom stereocenters. The fourth-order valence-electron chi connectivity index (χ4n) is 2.07. The highest BCUT2D eigenvalue weighted by Crippen LogP contribution is 2.26. The largest absolute Gasteiger partial charge is 0.508 e. The summed E-state index contributed by atoms with van der Waals surface area (Å²) in [5.74, 6) is 0.335. The third-order valence-electron chi connectivity index (χ3n) is 3.42. The number of ether oxygens (including phenoxy) is 1. The first-order chi connectivity index (χ1) is 9.03. The maximum Gasteiger partial charge on any atom is 0.120 e. The van der Waals surface area contributed by atoms with Crippen molar-refractivity contribution in [1.29, 1.82) is 0 Å². The first-order valence-corrected chi connectivity index (χ1v) is 6.49. The third-order valence-corrected chi connectivity index (χ3v) is 3.42. The van der Waals surface area contributed by atoms with Crippen LogP contribution in [0.25, 0.3) is 10.8 Å². The van der Waals surface area contributed by atoms with Crippen molar-refractivity contribution in [3.05, 3.63) is 42.0 Å². The summed E-state index contributed by atoms with van der Waals surface area (Å²) in [6.45, 7) is 5.41. The highest BCUT2D eigenvalue weighted by atomic mass is 16.5. The summed E-state index contributed by atoms with van der Waals surface area (Å²) in [5, 5.41) is 15.6. The predicted octanol–water partition coefficient (Wildman–Crippen LogP) is 3.06. The van der Waals surface area contributed by atoms with Crippen LogP contribution in [0, 0.1) is 0 Å². The number of hydrogen-bond donors (Lipinski definition) is 2. The van der Waals surface area contributed by atoms with E-state index in [1.54, 1.807) is 13.2 Å². The van der Waals surface area contributed by atoms with Crippen LogP contribution < -0.4 is 5.32 Å². The summed E-state index contributed by atoms with van der Waals surface area (Å²) in [4.78, 5) is 0. The van der Waals surface area contributed by atoms with Crippen LogP contribution in [-0.4, -0.2) is 24.4 Å². The number of nitrogens with one attached hydrogen (secondary N) is 1. The normalized spacial score (nSPS) is 11.9. The highest BCUT2D eigenvalue weighted by molar-refractivity contribution is 5.87. The molecule has 0 aromatic heterocycles. The zero-order chi connectivity index (χ0) is 13.9. The van der Waals surface area contributed by atoms with E-state index in [2.05, 4.69) is 11.4 Å². The lowest BCUT2D eigenvalue weighted by Crippen LogP contribution is -2.36. The molecule has 0 aliphatic carbocycles. The van der Waals surface area contributed by atoms with Crippen LogP contribution in [0.2, 0.25) is 0 Å². The van der Waals surface area contributed by atoms with Crippen molar-refractivity contribution >= 4 is 10.8 Å². The van der Waals surface area contributed by atoms with Gasteiger partial charge >= 0.3 is 0 Å². The van der Waals surface area contributed by atoms with Gasteiger partial charge in [0.25, 0.3) is 0 Å². The fraction of sp³-hybridized carbons (Fsp3) is 0.375. The van der Waals surface area contributed by atoms with E-state index < -0.39 is 0 Å². The van der Waals surface area contributed by atoms with Crippen LogP contribution in [0.3, 0.4) is 0 Å². The van der Waals surface area contributed by atoms with E-state index in [4.69, 9.17) is 4.74 Å². The summed E-state index contributed by atoms with van der Waals surface area (Å²) in [6.07, 6.45) is 0. The molecule has 0 saturated heterocycles. The summed E-state index contributed by atoms with van der Waals surface area (Å²) in [6, 6.07) is 11.8. The molecule has 2 rings (SSSR count). The molecule has 2 aromatic rings. The molecular formula is C16H21NO2. The minimum atomic E-state index is -0.208. The minimum Gasteiger partial charge on any atom is -0.508 e. The number of aromatic hydroxyl groups is 1. The molecule has 0 aliphatic heterocycles. The molecule has 102 valence electrons. The standard InChI is InChI=1S/C16H21NO2/c1-16(2,19-3)11-17-10-14-13-7-5-4-6-12(13)8-9-15(14)18/h4-9,17-18H,10-11H2,1-3H3. The number of methoxy groups -OCH3 is 1. The van der Waals surface area contributed by atoms with Gasteiger partial charge in [0.05, 0.1) is 5.60 Å². The zero-order valence-electron chi connectivity index (χ0n) is 11.7. The summed E-state index contributed by atoms with van der Waals surface area (Å²) in [5.41, 5.74) is 0.727. The lowest BCUT2D eigenvalue weighted by Gasteiger charge is -2.23. The summed E-state index contributed by atoms with van der Waals surface area (Å²) >= 11 is 0. The molecule has 0 radical (unpaired) electrons. The van der Waals surface area contributed by atoms with Gasteiger partial charge in [-0.25, -0.2) is 0 Å². The van der Waals surface area contributed by atoms with E-state index in [1.165, 1.54) is 0 Å². The van der Waals surface area contributed by atoms with Crippen LogP contribution in [0.4, 0.5) is 0 Å². The van der Waals surface area contributed by atoms with Crippen molar-refractivity contribution in [2.24, 2.45) is 0 Å². The van der Waals surface area contributed by atoms with Gasteiger partial charge in [0.1, 0.15) is 5.75 Å². The highest BCUT2D eigenvalue weighted by Gasteiger charge is 2.16. The fourth-order valence-corrected chi connectivity index (χ4v) is 2.07. The van der Waals surface area contributed by atoms with Gasteiger partial charge < -0.3 is 15.2 Å². The molecule has 0 fully saturated rings. The molecule has 19 heavy (non-hydrogen) atoms. The van der Waals surface area contributed by atoms with Crippen LogP contribution in [0.5, 0.6) is 5.75 Å². The minimum absolute atomic E-state index is 0.208. The van der Waals surface area contributed by atoms with Crippen LogP contribution in [-0.2, 0) is 11.3 Å². The van der Waals surface area contributed by atoms with E-state index in [9.17, 15) is 5.11 Å². The molecule has 0 saturated carbocycles. The summed E-state index contributed by atoms with van der Waals surface area (Å²) in [7, 11) is 1.71. The number of hydrogen-bond acceptors (Lipinski definition) is 3. The van der Waals surface area contributed by atoms with Crippen molar-refractivity contribution in [2.45, 2.75) is 26.0 Å². The Morgan fingerprint density at radius 2 is 1.89 bits per heavy atom. The Morgan fingerprint density at radius 3 is 2.63 bits per heavy atom. The van der Waals surface area contributed by atoms with Crippen molar-refractivity contribution in [2.75, 3.05) is 13.7 Å². The Balaban J connectivity index is 2.18. The van der Waals surface area contributed by atoms with E-state index in [-0.39, 0.29) is 5.60 Å². The van der Waals surface area contributed by atoms with Gasteiger partial charge in [-0.3, -0.25) is 0 Å². The number of phenolic OH excluding ortho intramolecular Hbond substituents is 1. The number of phenols is 1. The Kier molecular flexibility index (Phi) is 4.08. The average Bonchev–Trinajstić information content (AvgIpc) is 2.41. The first kappa shape index (κ1) is 13.8. The molecule has 3 nitrogen and oxygen atoms in total.